The zero-order valence-electron chi connectivity index (χ0n) is 12.1. The van der Waals surface area contributed by atoms with Crippen molar-refractivity contribution in [2.24, 2.45) is 0 Å². The summed E-state index contributed by atoms with van der Waals surface area (Å²) in [5.41, 5.74) is 0.150. The standard InChI is InChI=1S/C15H11ClFN3O3S/c16-10-5-7-11(8-6-10)24(21,22)18-9-14-19-20-15(23-14)12-3-1-2-4-13(12)17/h1-8,18H,9H2. The summed E-state index contributed by atoms with van der Waals surface area (Å²) in [5, 5.41) is 7.87. The Kier molecular flexibility index (Phi) is 4.61. The van der Waals surface area contributed by atoms with Crippen LogP contribution in [0.4, 0.5) is 4.39 Å². The van der Waals surface area contributed by atoms with E-state index in [1.807, 2.05) is 0 Å². The summed E-state index contributed by atoms with van der Waals surface area (Å²) in [6.07, 6.45) is 0. The topological polar surface area (TPSA) is 85.1 Å². The number of benzene rings is 2. The van der Waals surface area contributed by atoms with Crippen molar-refractivity contribution in [3.63, 3.8) is 0 Å². The number of rotatable bonds is 5. The van der Waals surface area contributed by atoms with E-state index in [-0.39, 0.29) is 28.8 Å². The number of nitrogens with one attached hydrogen (secondary N) is 1. The van der Waals surface area contributed by atoms with Crippen molar-refractivity contribution in [2.75, 3.05) is 0 Å². The zero-order chi connectivity index (χ0) is 17.2. The van der Waals surface area contributed by atoms with Crippen LogP contribution in [0.2, 0.25) is 5.02 Å². The molecule has 0 aliphatic rings. The SMILES string of the molecule is O=S(=O)(NCc1nnc(-c2ccccc2F)o1)c1ccc(Cl)cc1. The second-order valence-electron chi connectivity index (χ2n) is 4.76. The molecule has 0 amide bonds. The summed E-state index contributed by atoms with van der Waals surface area (Å²) >= 11 is 5.73. The minimum absolute atomic E-state index is 0.0193. The van der Waals surface area contributed by atoms with Crippen LogP contribution in [0.1, 0.15) is 5.89 Å². The molecule has 0 aliphatic carbocycles. The first-order chi connectivity index (χ1) is 11.5. The van der Waals surface area contributed by atoms with Gasteiger partial charge in [0.15, 0.2) is 0 Å². The Bertz CT molecular complexity index is 958. The molecule has 1 heterocycles. The molecule has 0 saturated carbocycles. The van der Waals surface area contributed by atoms with Crippen LogP contribution in [-0.4, -0.2) is 18.6 Å². The van der Waals surface area contributed by atoms with Gasteiger partial charge in [0.1, 0.15) is 5.82 Å². The molecule has 0 atom stereocenters. The van der Waals surface area contributed by atoms with Crippen molar-refractivity contribution in [2.45, 2.75) is 11.4 Å². The average molecular weight is 368 g/mol. The Hall–Kier alpha value is -2.29. The summed E-state index contributed by atoms with van der Waals surface area (Å²) in [6.45, 7) is -0.216. The Morgan fingerprint density at radius 2 is 1.79 bits per heavy atom. The molecule has 24 heavy (non-hydrogen) atoms. The number of hydrogen-bond donors (Lipinski definition) is 1. The molecule has 3 aromatic rings. The zero-order valence-corrected chi connectivity index (χ0v) is 13.7. The molecule has 124 valence electrons. The fraction of sp³-hybridized carbons (Fsp3) is 0.0667. The van der Waals surface area contributed by atoms with Gasteiger partial charge in [0.25, 0.3) is 5.89 Å². The molecule has 0 fully saturated rings. The molecule has 0 radical (unpaired) electrons. The third-order valence-electron chi connectivity index (χ3n) is 3.11. The molecule has 2 aromatic carbocycles. The molecule has 1 N–H and O–H groups in total. The van der Waals surface area contributed by atoms with Gasteiger partial charge in [-0.25, -0.2) is 17.5 Å². The van der Waals surface area contributed by atoms with E-state index < -0.39 is 15.8 Å². The summed E-state index contributed by atoms with van der Waals surface area (Å²) in [7, 11) is -3.75. The number of halogens is 2. The molecule has 0 aliphatic heterocycles. The highest BCUT2D eigenvalue weighted by Gasteiger charge is 2.17. The smallest absolute Gasteiger partial charge is 0.250 e. The van der Waals surface area contributed by atoms with Crippen LogP contribution < -0.4 is 4.72 Å². The maximum absolute atomic E-state index is 13.7. The van der Waals surface area contributed by atoms with E-state index >= 15 is 0 Å². The normalized spacial score (nSPS) is 11.6. The van der Waals surface area contributed by atoms with Gasteiger partial charge in [0, 0.05) is 5.02 Å². The van der Waals surface area contributed by atoms with Crippen LogP contribution in [0.3, 0.4) is 0 Å². The molecule has 1 aromatic heterocycles. The van der Waals surface area contributed by atoms with Crippen LogP contribution in [0.15, 0.2) is 57.8 Å². The fourth-order valence-corrected chi connectivity index (χ4v) is 3.02. The Morgan fingerprint density at radius 3 is 2.50 bits per heavy atom. The van der Waals surface area contributed by atoms with Crippen LogP contribution in [0, 0.1) is 5.82 Å². The van der Waals surface area contributed by atoms with E-state index in [0.717, 1.165) is 0 Å². The molecular formula is C15H11ClFN3O3S. The predicted octanol–water partition coefficient (Wildman–Crippen LogP) is 3.01. The van der Waals surface area contributed by atoms with Crippen LogP contribution >= 0.6 is 11.6 Å². The molecule has 6 nitrogen and oxygen atoms in total. The lowest BCUT2D eigenvalue weighted by Gasteiger charge is -2.04. The minimum atomic E-state index is -3.75. The predicted molar refractivity (Wildman–Crippen MR) is 85.2 cm³/mol. The second kappa shape index (κ2) is 6.68. The van der Waals surface area contributed by atoms with Crippen molar-refractivity contribution < 1.29 is 17.2 Å². The van der Waals surface area contributed by atoms with Gasteiger partial charge in [-0.3, -0.25) is 0 Å². The first-order valence-corrected chi connectivity index (χ1v) is 8.64. The molecule has 0 unspecified atom stereocenters. The van der Waals surface area contributed by atoms with E-state index in [1.54, 1.807) is 6.07 Å². The van der Waals surface area contributed by atoms with Gasteiger partial charge >= 0.3 is 0 Å². The third kappa shape index (κ3) is 3.61. The molecule has 0 spiro atoms. The lowest BCUT2D eigenvalue weighted by atomic mass is 10.2. The monoisotopic (exact) mass is 367 g/mol. The lowest BCUT2D eigenvalue weighted by Crippen LogP contribution is -2.23. The Balaban J connectivity index is 1.74. The van der Waals surface area contributed by atoms with Gasteiger partial charge in [0.2, 0.25) is 15.9 Å². The van der Waals surface area contributed by atoms with Crippen molar-refractivity contribution in [1.29, 1.82) is 0 Å². The number of hydrogen-bond acceptors (Lipinski definition) is 5. The highest BCUT2D eigenvalue weighted by molar-refractivity contribution is 7.89. The van der Waals surface area contributed by atoms with E-state index in [2.05, 4.69) is 14.9 Å². The molecule has 0 saturated heterocycles. The summed E-state index contributed by atoms with van der Waals surface area (Å²) < 4.78 is 45.6. The van der Waals surface area contributed by atoms with E-state index in [0.29, 0.717) is 5.02 Å². The summed E-state index contributed by atoms with van der Waals surface area (Å²) in [5.74, 6) is -0.506. The van der Waals surface area contributed by atoms with Gasteiger partial charge < -0.3 is 4.42 Å². The molecular weight excluding hydrogens is 357 g/mol. The second-order valence-corrected chi connectivity index (χ2v) is 6.96. The highest BCUT2D eigenvalue weighted by Crippen LogP contribution is 2.21. The average Bonchev–Trinajstić information content (AvgIpc) is 3.03. The van der Waals surface area contributed by atoms with Crippen molar-refractivity contribution >= 4 is 21.6 Å². The van der Waals surface area contributed by atoms with Crippen LogP contribution in [0.25, 0.3) is 11.5 Å². The van der Waals surface area contributed by atoms with Crippen molar-refractivity contribution in [3.05, 3.63) is 65.3 Å². The number of nitrogens with zero attached hydrogens (tertiary/aromatic N) is 2. The first-order valence-electron chi connectivity index (χ1n) is 6.78. The fourth-order valence-electron chi connectivity index (χ4n) is 1.92. The quantitative estimate of drug-likeness (QED) is 0.749. The van der Waals surface area contributed by atoms with E-state index in [4.69, 9.17) is 16.0 Å². The molecule has 3 rings (SSSR count). The first kappa shape index (κ1) is 16.6. The van der Waals surface area contributed by atoms with Gasteiger partial charge in [-0.05, 0) is 36.4 Å². The van der Waals surface area contributed by atoms with Gasteiger partial charge in [0.05, 0.1) is 17.0 Å². The summed E-state index contributed by atoms with van der Waals surface area (Å²) in [6, 6.07) is 11.6. The largest absolute Gasteiger partial charge is 0.419 e. The van der Waals surface area contributed by atoms with Crippen LogP contribution in [-0.2, 0) is 16.6 Å². The Labute approximate surface area is 142 Å². The van der Waals surface area contributed by atoms with Crippen molar-refractivity contribution in [1.82, 2.24) is 14.9 Å². The number of aromatic nitrogens is 2. The van der Waals surface area contributed by atoms with Crippen molar-refractivity contribution in [3.8, 4) is 11.5 Å². The minimum Gasteiger partial charge on any atom is -0.419 e. The van der Waals surface area contributed by atoms with Gasteiger partial charge in [-0.1, -0.05) is 23.7 Å². The van der Waals surface area contributed by atoms with Crippen LogP contribution in [0.5, 0.6) is 0 Å². The lowest BCUT2D eigenvalue weighted by molar-refractivity contribution is 0.491. The number of sulfonamides is 1. The maximum Gasteiger partial charge on any atom is 0.250 e. The van der Waals surface area contributed by atoms with E-state index in [9.17, 15) is 12.8 Å². The van der Waals surface area contributed by atoms with Gasteiger partial charge in [-0.15, -0.1) is 10.2 Å². The van der Waals surface area contributed by atoms with Gasteiger partial charge in [-0.2, -0.15) is 0 Å². The molecule has 0 bridgehead atoms. The van der Waals surface area contributed by atoms with E-state index in [1.165, 1.54) is 42.5 Å². The third-order valence-corrected chi connectivity index (χ3v) is 4.78. The Morgan fingerprint density at radius 1 is 1.08 bits per heavy atom. The summed E-state index contributed by atoms with van der Waals surface area (Å²) in [4.78, 5) is 0.0562. The molecule has 9 heteroatoms. The maximum atomic E-state index is 13.7. The highest BCUT2D eigenvalue weighted by atomic mass is 35.5.